The summed E-state index contributed by atoms with van der Waals surface area (Å²) in [5.74, 6) is -1.53. The highest BCUT2D eigenvalue weighted by molar-refractivity contribution is 5.65. The van der Waals surface area contributed by atoms with Crippen molar-refractivity contribution in [3.05, 3.63) is 47.3 Å². The minimum atomic E-state index is -4.82. The zero-order valence-electron chi connectivity index (χ0n) is 12.8. The minimum absolute atomic E-state index is 0.116. The number of aromatic nitrogens is 2. The first-order chi connectivity index (χ1) is 11.8. The highest BCUT2D eigenvalue weighted by atomic mass is 19.4. The summed E-state index contributed by atoms with van der Waals surface area (Å²) in [6, 6.07) is 2.37. The Bertz CT molecular complexity index is 804. The van der Waals surface area contributed by atoms with Gasteiger partial charge in [-0.2, -0.15) is 13.2 Å². The van der Waals surface area contributed by atoms with Crippen LogP contribution in [0.15, 0.2) is 24.5 Å². The van der Waals surface area contributed by atoms with Crippen molar-refractivity contribution in [1.82, 2.24) is 14.5 Å². The Morgan fingerprint density at radius 1 is 1.32 bits per heavy atom. The smallest absolute Gasteiger partial charge is 0.419 e. The van der Waals surface area contributed by atoms with Crippen LogP contribution in [0.3, 0.4) is 0 Å². The molecule has 0 atom stereocenters. The van der Waals surface area contributed by atoms with Crippen LogP contribution < -0.4 is 4.74 Å². The third-order valence-corrected chi connectivity index (χ3v) is 3.87. The maximum Gasteiger partial charge on any atom is 0.419 e. The predicted molar refractivity (Wildman–Crippen MR) is 76.4 cm³/mol. The molecule has 1 aliphatic rings. The second-order valence-corrected chi connectivity index (χ2v) is 5.46. The number of amides is 1. The molecule has 1 N–H and O–H groups in total. The van der Waals surface area contributed by atoms with Gasteiger partial charge in [-0.1, -0.05) is 0 Å². The van der Waals surface area contributed by atoms with Gasteiger partial charge < -0.3 is 19.3 Å². The molecule has 0 radical (unpaired) electrons. The number of ether oxygens (including phenoxy) is 1. The number of benzene rings is 1. The number of carboxylic acid groups (broad SMARTS) is 1. The molecule has 0 saturated carbocycles. The van der Waals surface area contributed by atoms with E-state index in [1.807, 2.05) is 0 Å². The molecular formula is C15H13F4N3O3. The molecular weight excluding hydrogens is 346 g/mol. The summed E-state index contributed by atoms with van der Waals surface area (Å²) in [5, 5.41) is 9.06. The topological polar surface area (TPSA) is 67.6 Å². The molecule has 0 unspecified atom stereocenters. The van der Waals surface area contributed by atoms with Crippen molar-refractivity contribution >= 4 is 6.09 Å². The zero-order chi connectivity index (χ0) is 18.2. The Balaban J connectivity index is 1.76. The van der Waals surface area contributed by atoms with Crippen LogP contribution in [0.4, 0.5) is 22.4 Å². The lowest BCUT2D eigenvalue weighted by molar-refractivity contribution is -0.140. The second-order valence-electron chi connectivity index (χ2n) is 5.46. The number of alkyl halides is 3. The molecule has 10 heteroatoms. The molecule has 6 nitrogen and oxygen atoms in total. The summed E-state index contributed by atoms with van der Waals surface area (Å²) in [4.78, 5) is 16.4. The van der Waals surface area contributed by atoms with E-state index in [4.69, 9.17) is 9.84 Å². The molecule has 0 fully saturated rings. The fourth-order valence-corrected chi connectivity index (χ4v) is 2.56. The van der Waals surface area contributed by atoms with Gasteiger partial charge in [0.15, 0.2) is 0 Å². The summed E-state index contributed by atoms with van der Waals surface area (Å²) in [5.41, 5.74) is -0.371. The monoisotopic (exact) mass is 359 g/mol. The van der Waals surface area contributed by atoms with Gasteiger partial charge in [0.05, 0.1) is 24.1 Å². The molecule has 25 heavy (non-hydrogen) atoms. The van der Waals surface area contributed by atoms with Crippen LogP contribution in [0.5, 0.6) is 5.75 Å². The van der Waals surface area contributed by atoms with E-state index in [2.05, 4.69) is 4.98 Å². The fraction of sp³-hybridized carbons (Fsp3) is 0.333. The third kappa shape index (κ3) is 3.52. The lowest BCUT2D eigenvalue weighted by Crippen LogP contribution is -2.37. The molecule has 1 aromatic heterocycles. The Morgan fingerprint density at radius 3 is 2.76 bits per heavy atom. The SMILES string of the molecule is O=C(O)N1CCn2cnc(COc3ccc(F)c(C(F)(F)F)c3)c2C1. The molecule has 0 bridgehead atoms. The predicted octanol–water partition coefficient (Wildman–Crippen LogP) is 3.11. The molecule has 3 rings (SSSR count). The zero-order valence-corrected chi connectivity index (χ0v) is 12.8. The Hall–Kier alpha value is -2.78. The quantitative estimate of drug-likeness (QED) is 0.855. The van der Waals surface area contributed by atoms with Crippen LogP contribution in [-0.4, -0.2) is 32.2 Å². The van der Waals surface area contributed by atoms with E-state index in [1.165, 1.54) is 11.2 Å². The van der Waals surface area contributed by atoms with Gasteiger partial charge in [-0.15, -0.1) is 0 Å². The molecule has 1 amide bonds. The molecule has 1 aromatic carbocycles. The second kappa shape index (κ2) is 6.26. The number of hydrogen-bond donors (Lipinski definition) is 1. The van der Waals surface area contributed by atoms with Crippen molar-refractivity contribution in [1.29, 1.82) is 0 Å². The summed E-state index contributed by atoms with van der Waals surface area (Å²) in [6.45, 7) is 0.721. The summed E-state index contributed by atoms with van der Waals surface area (Å²) < 4.78 is 58.5. The van der Waals surface area contributed by atoms with Gasteiger partial charge in [-0.3, -0.25) is 0 Å². The van der Waals surface area contributed by atoms with Gasteiger partial charge in [-0.25, -0.2) is 14.2 Å². The number of halogens is 4. The lowest BCUT2D eigenvalue weighted by Gasteiger charge is -2.26. The molecule has 2 aromatic rings. The van der Waals surface area contributed by atoms with Gasteiger partial charge >= 0.3 is 12.3 Å². The standard InChI is InChI=1S/C15H13F4N3O3/c16-11-2-1-9(5-10(11)15(17,18)19)25-7-12-13-6-21(14(23)24)3-4-22(13)8-20-12/h1-2,5,8H,3-4,6-7H2,(H,23,24). The minimum Gasteiger partial charge on any atom is -0.487 e. The van der Waals surface area contributed by atoms with E-state index in [0.29, 0.717) is 36.6 Å². The number of fused-ring (bicyclic) bond motifs is 1. The number of rotatable bonds is 3. The Morgan fingerprint density at radius 2 is 2.08 bits per heavy atom. The van der Waals surface area contributed by atoms with Gasteiger partial charge in [0.25, 0.3) is 0 Å². The number of imidazole rings is 1. The van der Waals surface area contributed by atoms with Crippen LogP contribution >= 0.6 is 0 Å². The van der Waals surface area contributed by atoms with Crippen molar-refractivity contribution in [3.8, 4) is 5.75 Å². The number of hydrogen-bond acceptors (Lipinski definition) is 3. The van der Waals surface area contributed by atoms with E-state index in [-0.39, 0.29) is 18.9 Å². The Labute approximate surface area is 139 Å². The largest absolute Gasteiger partial charge is 0.487 e. The van der Waals surface area contributed by atoms with Crippen molar-refractivity contribution < 1.29 is 32.2 Å². The van der Waals surface area contributed by atoms with Crippen molar-refractivity contribution in [3.63, 3.8) is 0 Å². The molecule has 2 heterocycles. The van der Waals surface area contributed by atoms with E-state index >= 15 is 0 Å². The van der Waals surface area contributed by atoms with E-state index in [9.17, 15) is 22.4 Å². The van der Waals surface area contributed by atoms with Gasteiger partial charge in [-0.05, 0) is 18.2 Å². The summed E-state index contributed by atoms with van der Waals surface area (Å²) >= 11 is 0. The van der Waals surface area contributed by atoms with Crippen LogP contribution in [0.25, 0.3) is 0 Å². The number of nitrogens with zero attached hydrogens (tertiary/aromatic N) is 3. The van der Waals surface area contributed by atoms with Crippen LogP contribution in [0.1, 0.15) is 17.0 Å². The summed E-state index contributed by atoms with van der Waals surface area (Å²) in [7, 11) is 0. The Kier molecular flexibility index (Phi) is 4.27. The molecule has 0 aliphatic carbocycles. The van der Waals surface area contributed by atoms with Gasteiger partial charge in [0.1, 0.15) is 23.9 Å². The highest BCUT2D eigenvalue weighted by Crippen LogP contribution is 2.33. The maximum absolute atomic E-state index is 13.3. The van der Waals surface area contributed by atoms with Gasteiger partial charge in [0.2, 0.25) is 0 Å². The van der Waals surface area contributed by atoms with E-state index in [1.54, 1.807) is 4.57 Å². The van der Waals surface area contributed by atoms with Crippen molar-refractivity contribution in [2.75, 3.05) is 6.54 Å². The van der Waals surface area contributed by atoms with E-state index < -0.39 is 23.7 Å². The third-order valence-electron chi connectivity index (χ3n) is 3.87. The molecule has 134 valence electrons. The first-order valence-electron chi connectivity index (χ1n) is 7.26. The fourth-order valence-electron chi connectivity index (χ4n) is 2.56. The lowest BCUT2D eigenvalue weighted by atomic mass is 10.2. The molecule has 0 spiro atoms. The average molecular weight is 359 g/mol. The first-order valence-corrected chi connectivity index (χ1v) is 7.26. The summed E-state index contributed by atoms with van der Waals surface area (Å²) in [6.07, 6.45) is -4.36. The van der Waals surface area contributed by atoms with Crippen molar-refractivity contribution in [2.24, 2.45) is 0 Å². The molecule has 0 saturated heterocycles. The first kappa shape index (κ1) is 17.1. The normalized spacial score (nSPS) is 14.3. The van der Waals surface area contributed by atoms with Crippen molar-refractivity contribution in [2.45, 2.75) is 25.9 Å². The maximum atomic E-state index is 13.3. The highest BCUT2D eigenvalue weighted by Gasteiger charge is 2.34. The van der Waals surface area contributed by atoms with Crippen LogP contribution in [0.2, 0.25) is 0 Å². The molecule has 1 aliphatic heterocycles. The van der Waals surface area contributed by atoms with E-state index in [0.717, 1.165) is 6.07 Å². The average Bonchev–Trinajstić information content (AvgIpc) is 2.95. The van der Waals surface area contributed by atoms with Gasteiger partial charge in [0, 0.05) is 13.1 Å². The van der Waals surface area contributed by atoms with Crippen LogP contribution in [-0.2, 0) is 25.9 Å². The number of carbonyl (C=O) groups is 1. The van der Waals surface area contributed by atoms with Crippen LogP contribution in [0, 0.1) is 5.82 Å².